The highest BCUT2D eigenvalue weighted by molar-refractivity contribution is 5.80. The fraction of sp³-hybridized carbons (Fsp3) is 0.364. The Morgan fingerprint density at radius 2 is 1.93 bits per heavy atom. The molecule has 1 rings (SSSR count). The molecular weight excluding hydrogens is 194 g/mol. The molecule has 4 heteroatoms. The Hall–Kier alpha value is -1.71. The normalized spacial score (nSPS) is 12.1. The largest absolute Gasteiger partial charge is 0.292 e. The first-order valence-electron chi connectivity index (χ1n) is 4.70. The second-order valence-electron chi connectivity index (χ2n) is 3.60. The Kier molecular flexibility index (Phi) is 3.55. The van der Waals surface area contributed by atoms with Crippen molar-refractivity contribution in [3.63, 3.8) is 0 Å². The summed E-state index contributed by atoms with van der Waals surface area (Å²) in [6.07, 6.45) is 0.169. The van der Waals surface area contributed by atoms with Gasteiger partial charge in [-0.3, -0.25) is 14.9 Å². The van der Waals surface area contributed by atoms with Crippen LogP contribution in [0.3, 0.4) is 0 Å². The fourth-order valence-corrected chi connectivity index (χ4v) is 1.31. The van der Waals surface area contributed by atoms with Crippen molar-refractivity contribution >= 4 is 5.78 Å². The monoisotopic (exact) mass is 207 g/mol. The number of hydrogen-bond acceptors (Lipinski definition) is 3. The van der Waals surface area contributed by atoms with Crippen molar-refractivity contribution in [2.45, 2.75) is 26.3 Å². The molecule has 0 aliphatic carbocycles. The summed E-state index contributed by atoms with van der Waals surface area (Å²) < 4.78 is 0. The second kappa shape index (κ2) is 4.68. The number of hydrogen-bond donors (Lipinski definition) is 0. The minimum atomic E-state index is -1.12. The average molecular weight is 207 g/mol. The van der Waals surface area contributed by atoms with Gasteiger partial charge in [-0.15, -0.1) is 0 Å². The first-order valence-corrected chi connectivity index (χ1v) is 4.70. The highest BCUT2D eigenvalue weighted by Gasteiger charge is 2.25. The van der Waals surface area contributed by atoms with E-state index in [9.17, 15) is 14.9 Å². The molecule has 15 heavy (non-hydrogen) atoms. The van der Waals surface area contributed by atoms with Crippen LogP contribution in [-0.2, 0) is 11.2 Å². The van der Waals surface area contributed by atoms with Crippen LogP contribution in [0.25, 0.3) is 0 Å². The van der Waals surface area contributed by atoms with Crippen molar-refractivity contribution in [2.24, 2.45) is 0 Å². The summed E-state index contributed by atoms with van der Waals surface area (Å²) in [6.45, 7) is 3.20. The zero-order chi connectivity index (χ0) is 11.4. The predicted octanol–water partition coefficient (Wildman–Crippen LogP) is 1.77. The summed E-state index contributed by atoms with van der Waals surface area (Å²) in [5, 5.41) is 10.6. The number of carbonyl (C=O) groups excluding carboxylic acids is 1. The number of ketones is 1. The maximum atomic E-state index is 11.0. The van der Waals surface area contributed by atoms with Crippen molar-refractivity contribution in [1.82, 2.24) is 0 Å². The highest BCUT2D eigenvalue weighted by atomic mass is 16.6. The quantitative estimate of drug-likeness (QED) is 0.558. The molecule has 0 spiro atoms. The summed E-state index contributed by atoms with van der Waals surface area (Å²) in [5.74, 6) is -0.402. The van der Waals surface area contributed by atoms with Crippen LogP contribution < -0.4 is 0 Å². The van der Waals surface area contributed by atoms with Gasteiger partial charge in [-0.2, -0.15) is 0 Å². The Morgan fingerprint density at radius 3 is 2.33 bits per heavy atom. The lowest BCUT2D eigenvalue weighted by atomic mass is 10.0. The maximum Gasteiger partial charge on any atom is 0.273 e. The van der Waals surface area contributed by atoms with Gasteiger partial charge in [0.1, 0.15) is 0 Å². The van der Waals surface area contributed by atoms with Crippen LogP contribution in [0, 0.1) is 17.0 Å². The molecule has 0 radical (unpaired) electrons. The van der Waals surface area contributed by atoms with Crippen molar-refractivity contribution in [3.05, 3.63) is 45.5 Å². The van der Waals surface area contributed by atoms with Crippen LogP contribution in [0.4, 0.5) is 0 Å². The van der Waals surface area contributed by atoms with Gasteiger partial charge in [-0.05, 0) is 12.5 Å². The van der Waals surface area contributed by atoms with E-state index < -0.39 is 16.7 Å². The van der Waals surface area contributed by atoms with E-state index in [2.05, 4.69) is 0 Å². The van der Waals surface area contributed by atoms with E-state index in [1.165, 1.54) is 6.92 Å². The van der Waals surface area contributed by atoms with Crippen LogP contribution in [0.2, 0.25) is 0 Å². The van der Waals surface area contributed by atoms with Gasteiger partial charge in [0, 0.05) is 18.3 Å². The van der Waals surface area contributed by atoms with Crippen LogP contribution in [0.1, 0.15) is 18.1 Å². The van der Waals surface area contributed by atoms with Crippen LogP contribution in [0.15, 0.2) is 24.3 Å². The van der Waals surface area contributed by atoms with Gasteiger partial charge in [0.25, 0.3) is 6.04 Å². The molecule has 0 aliphatic heterocycles. The van der Waals surface area contributed by atoms with Gasteiger partial charge in [-0.1, -0.05) is 29.8 Å². The van der Waals surface area contributed by atoms with E-state index >= 15 is 0 Å². The number of nitro groups is 1. The van der Waals surface area contributed by atoms with Gasteiger partial charge in [0.2, 0.25) is 5.78 Å². The molecule has 0 saturated heterocycles. The first-order chi connectivity index (χ1) is 7.00. The molecule has 0 amide bonds. The molecule has 1 aromatic rings. The third-order valence-corrected chi connectivity index (χ3v) is 2.27. The Labute approximate surface area is 88.1 Å². The lowest BCUT2D eigenvalue weighted by molar-refractivity contribution is -0.506. The predicted molar refractivity (Wildman–Crippen MR) is 56.3 cm³/mol. The van der Waals surface area contributed by atoms with Crippen LogP contribution in [0.5, 0.6) is 0 Å². The van der Waals surface area contributed by atoms with Gasteiger partial charge in [0.15, 0.2) is 0 Å². The number of benzene rings is 1. The number of Topliss-reactive ketones (excluding diaryl/α,β-unsaturated/α-hetero) is 1. The maximum absolute atomic E-state index is 11.0. The molecule has 0 saturated carbocycles. The minimum Gasteiger partial charge on any atom is -0.292 e. The first kappa shape index (κ1) is 11.4. The van der Waals surface area contributed by atoms with Gasteiger partial charge >= 0.3 is 0 Å². The molecule has 80 valence electrons. The molecule has 0 heterocycles. The highest BCUT2D eigenvalue weighted by Crippen LogP contribution is 2.08. The molecule has 0 aromatic heterocycles. The van der Waals surface area contributed by atoms with Crippen molar-refractivity contribution in [2.75, 3.05) is 0 Å². The Balaban J connectivity index is 2.79. The zero-order valence-corrected chi connectivity index (χ0v) is 8.77. The molecule has 1 aromatic carbocycles. The Bertz CT molecular complexity index is 356. The number of carbonyl (C=O) groups is 1. The molecule has 0 aliphatic rings. The van der Waals surface area contributed by atoms with Crippen LogP contribution in [-0.4, -0.2) is 16.7 Å². The smallest absolute Gasteiger partial charge is 0.273 e. The minimum absolute atomic E-state index is 0.169. The topological polar surface area (TPSA) is 60.2 Å². The summed E-state index contributed by atoms with van der Waals surface area (Å²) in [5.41, 5.74) is 1.91. The van der Waals surface area contributed by atoms with Crippen LogP contribution >= 0.6 is 0 Å². The van der Waals surface area contributed by atoms with Gasteiger partial charge in [0.05, 0.1) is 0 Å². The number of nitrogens with zero attached hydrogens (tertiary/aromatic N) is 1. The third-order valence-electron chi connectivity index (χ3n) is 2.27. The van der Waals surface area contributed by atoms with E-state index in [0.717, 1.165) is 11.1 Å². The van der Waals surface area contributed by atoms with Crippen molar-refractivity contribution in [1.29, 1.82) is 0 Å². The molecule has 0 N–H and O–H groups in total. The van der Waals surface area contributed by atoms with E-state index in [0.29, 0.717) is 0 Å². The fourth-order valence-electron chi connectivity index (χ4n) is 1.31. The van der Waals surface area contributed by atoms with Gasteiger partial charge < -0.3 is 0 Å². The number of rotatable bonds is 4. The molecular formula is C11H13NO3. The van der Waals surface area contributed by atoms with Crippen molar-refractivity contribution in [3.8, 4) is 0 Å². The van der Waals surface area contributed by atoms with E-state index in [4.69, 9.17) is 0 Å². The standard InChI is InChI=1S/C11H13NO3/c1-8-3-5-10(6-4-8)7-11(9(2)13)12(14)15/h3-6,11H,7H2,1-2H3. The number of aryl methyl sites for hydroxylation is 1. The molecule has 0 bridgehead atoms. The molecule has 1 unspecified atom stereocenters. The second-order valence-corrected chi connectivity index (χ2v) is 3.60. The summed E-state index contributed by atoms with van der Waals surface area (Å²) in [7, 11) is 0. The van der Waals surface area contributed by atoms with E-state index in [1.54, 1.807) is 0 Å². The van der Waals surface area contributed by atoms with E-state index in [1.807, 2.05) is 31.2 Å². The summed E-state index contributed by atoms with van der Waals surface area (Å²) in [6, 6.07) is 6.27. The molecule has 0 fully saturated rings. The molecule has 4 nitrogen and oxygen atoms in total. The third kappa shape index (κ3) is 3.16. The molecule has 1 atom stereocenters. The zero-order valence-electron chi connectivity index (χ0n) is 8.77. The van der Waals surface area contributed by atoms with Crippen molar-refractivity contribution < 1.29 is 9.72 Å². The average Bonchev–Trinajstić information content (AvgIpc) is 2.15. The SMILES string of the molecule is CC(=O)C(Cc1ccc(C)cc1)[N+](=O)[O-]. The van der Waals surface area contributed by atoms with Gasteiger partial charge in [-0.25, -0.2) is 0 Å². The summed E-state index contributed by atoms with van der Waals surface area (Å²) >= 11 is 0. The lowest BCUT2D eigenvalue weighted by Crippen LogP contribution is -2.29. The lowest BCUT2D eigenvalue weighted by Gasteiger charge is -2.06. The van der Waals surface area contributed by atoms with E-state index in [-0.39, 0.29) is 6.42 Å². The Morgan fingerprint density at radius 1 is 1.40 bits per heavy atom. The summed E-state index contributed by atoms with van der Waals surface area (Å²) in [4.78, 5) is 21.1.